The zero-order chi connectivity index (χ0) is 16.2. The van der Waals surface area contributed by atoms with E-state index in [0.717, 1.165) is 45.2 Å². The van der Waals surface area contributed by atoms with Gasteiger partial charge in [-0.1, -0.05) is 13.0 Å². The van der Waals surface area contributed by atoms with Gasteiger partial charge in [-0.3, -0.25) is 4.99 Å². The summed E-state index contributed by atoms with van der Waals surface area (Å²) in [6, 6.07) is 4.31. The Labute approximate surface area is 138 Å². The highest BCUT2D eigenvalue weighted by atomic mass is 32.1. The standard InChI is InChI=1S/C16H30N4OS/c1-14(12-15-6-5-11-22-15)13-19-16(17-2)18-7-8-20(3)9-10-21-4/h5-6,11,14H,7-10,12-13H2,1-4H3,(H2,17,18,19). The highest BCUT2D eigenvalue weighted by Gasteiger charge is 2.06. The molecule has 5 nitrogen and oxygen atoms in total. The van der Waals surface area contributed by atoms with Crippen LogP contribution in [0, 0.1) is 5.92 Å². The fourth-order valence-corrected chi connectivity index (χ4v) is 2.93. The highest BCUT2D eigenvalue weighted by molar-refractivity contribution is 7.09. The molecule has 0 aliphatic heterocycles. The Morgan fingerprint density at radius 2 is 2.23 bits per heavy atom. The summed E-state index contributed by atoms with van der Waals surface area (Å²) in [7, 11) is 5.64. The van der Waals surface area contributed by atoms with Crippen LogP contribution in [0.4, 0.5) is 0 Å². The normalized spacial score (nSPS) is 13.4. The van der Waals surface area contributed by atoms with E-state index in [-0.39, 0.29) is 0 Å². The number of guanidine groups is 1. The van der Waals surface area contributed by atoms with Gasteiger partial charge in [0, 0.05) is 45.2 Å². The summed E-state index contributed by atoms with van der Waals surface area (Å²) < 4.78 is 5.07. The first-order chi connectivity index (χ1) is 10.7. The van der Waals surface area contributed by atoms with Gasteiger partial charge in [0.05, 0.1) is 6.61 Å². The lowest BCUT2D eigenvalue weighted by Crippen LogP contribution is -2.42. The lowest BCUT2D eigenvalue weighted by molar-refractivity contribution is 0.162. The van der Waals surface area contributed by atoms with E-state index in [1.165, 1.54) is 4.88 Å². The summed E-state index contributed by atoms with van der Waals surface area (Å²) >= 11 is 1.83. The predicted octanol–water partition coefficient (Wildman–Crippen LogP) is 1.67. The van der Waals surface area contributed by atoms with Crippen molar-refractivity contribution in [3.05, 3.63) is 22.4 Å². The van der Waals surface area contributed by atoms with Crippen molar-refractivity contribution < 1.29 is 4.74 Å². The van der Waals surface area contributed by atoms with Gasteiger partial charge in [0.2, 0.25) is 0 Å². The second kappa shape index (κ2) is 11.5. The average molecular weight is 327 g/mol. The molecule has 0 saturated heterocycles. The van der Waals surface area contributed by atoms with E-state index in [1.807, 2.05) is 18.4 Å². The second-order valence-electron chi connectivity index (χ2n) is 5.56. The molecule has 1 atom stereocenters. The van der Waals surface area contributed by atoms with Crippen molar-refractivity contribution >= 4 is 17.3 Å². The molecule has 1 unspecified atom stereocenters. The van der Waals surface area contributed by atoms with Crippen LogP contribution in [0.5, 0.6) is 0 Å². The summed E-state index contributed by atoms with van der Waals surface area (Å²) in [6.45, 7) is 6.75. The molecule has 0 bridgehead atoms. The third-order valence-electron chi connectivity index (χ3n) is 3.43. The van der Waals surface area contributed by atoms with Crippen LogP contribution in [0.25, 0.3) is 0 Å². The van der Waals surface area contributed by atoms with Crippen LogP contribution in [0.15, 0.2) is 22.5 Å². The molecule has 6 heteroatoms. The van der Waals surface area contributed by atoms with Gasteiger partial charge in [-0.25, -0.2) is 0 Å². The van der Waals surface area contributed by atoms with Gasteiger partial charge in [-0.05, 0) is 30.8 Å². The van der Waals surface area contributed by atoms with Gasteiger partial charge >= 0.3 is 0 Å². The number of methoxy groups -OCH3 is 1. The minimum atomic E-state index is 0.585. The van der Waals surface area contributed by atoms with Crippen LogP contribution in [0.3, 0.4) is 0 Å². The summed E-state index contributed by atoms with van der Waals surface area (Å²) in [6.07, 6.45) is 1.11. The molecular formula is C16H30N4OS. The maximum atomic E-state index is 5.07. The number of nitrogens with one attached hydrogen (secondary N) is 2. The lowest BCUT2D eigenvalue weighted by atomic mass is 10.1. The van der Waals surface area contributed by atoms with Crippen LogP contribution < -0.4 is 10.6 Å². The van der Waals surface area contributed by atoms with Crippen molar-refractivity contribution in [3.8, 4) is 0 Å². The molecule has 1 rings (SSSR count). The Morgan fingerprint density at radius 1 is 1.41 bits per heavy atom. The minimum absolute atomic E-state index is 0.585. The number of nitrogens with zero attached hydrogens (tertiary/aromatic N) is 2. The topological polar surface area (TPSA) is 48.9 Å². The molecule has 0 amide bonds. The number of likely N-dealkylation sites (N-methyl/N-ethyl adjacent to an activating group) is 1. The van der Waals surface area contributed by atoms with Gasteiger partial charge < -0.3 is 20.3 Å². The van der Waals surface area contributed by atoms with Crippen LogP contribution in [0.2, 0.25) is 0 Å². The van der Waals surface area contributed by atoms with Crippen molar-refractivity contribution in [1.82, 2.24) is 15.5 Å². The van der Waals surface area contributed by atoms with E-state index >= 15 is 0 Å². The number of thiophene rings is 1. The molecule has 2 N–H and O–H groups in total. The zero-order valence-corrected chi connectivity index (χ0v) is 15.1. The lowest BCUT2D eigenvalue weighted by Gasteiger charge is -2.19. The smallest absolute Gasteiger partial charge is 0.191 e. The number of hydrogen-bond donors (Lipinski definition) is 2. The zero-order valence-electron chi connectivity index (χ0n) is 14.3. The first-order valence-electron chi connectivity index (χ1n) is 7.80. The van der Waals surface area contributed by atoms with E-state index in [2.05, 4.69) is 52.0 Å². The molecule has 0 spiro atoms. The number of hydrogen-bond acceptors (Lipinski definition) is 4. The van der Waals surface area contributed by atoms with E-state index < -0.39 is 0 Å². The Balaban J connectivity index is 2.16. The van der Waals surface area contributed by atoms with Crippen LogP contribution in [0.1, 0.15) is 11.8 Å². The quantitative estimate of drug-likeness (QED) is 0.507. The first-order valence-corrected chi connectivity index (χ1v) is 8.68. The third kappa shape index (κ3) is 8.36. The number of ether oxygens (including phenoxy) is 1. The molecule has 1 aromatic heterocycles. The van der Waals surface area contributed by atoms with Gasteiger partial charge in [0.25, 0.3) is 0 Å². The molecule has 22 heavy (non-hydrogen) atoms. The van der Waals surface area contributed by atoms with Gasteiger partial charge in [-0.15, -0.1) is 11.3 Å². The maximum Gasteiger partial charge on any atom is 0.191 e. The molecule has 0 aliphatic carbocycles. The molecule has 0 fully saturated rings. The summed E-state index contributed by atoms with van der Waals surface area (Å²) in [5, 5.41) is 8.88. The average Bonchev–Trinajstić information content (AvgIpc) is 3.01. The van der Waals surface area contributed by atoms with Crippen LogP contribution in [-0.2, 0) is 11.2 Å². The first kappa shape index (κ1) is 18.9. The summed E-state index contributed by atoms with van der Waals surface area (Å²) in [5.74, 6) is 1.46. The van der Waals surface area contributed by atoms with E-state index in [4.69, 9.17) is 4.74 Å². The van der Waals surface area contributed by atoms with Crippen molar-refractivity contribution in [2.24, 2.45) is 10.9 Å². The van der Waals surface area contributed by atoms with Crippen molar-refractivity contribution in [2.75, 3.05) is 54.0 Å². The highest BCUT2D eigenvalue weighted by Crippen LogP contribution is 2.13. The van der Waals surface area contributed by atoms with Crippen molar-refractivity contribution in [3.63, 3.8) is 0 Å². The Hall–Kier alpha value is -1.11. The molecule has 0 radical (unpaired) electrons. The molecule has 0 aromatic carbocycles. The number of rotatable bonds is 10. The largest absolute Gasteiger partial charge is 0.383 e. The summed E-state index contributed by atoms with van der Waals surface area (Å²) in [4.78, 5) is 7.95. The van der Waals surface area contributed by atoms with E-state index in [1.54, 1.807) is 7.11 Å². The van der Waals surface area contributed by atoms with Gasteiger partial charge in [0.15, 0.2) is 5.96 Å². The fraction of sp³-hybridized carbons (Fsp3) is 0.688. The van der Waals surface area contributed by atoms with Crippen molar-refractivity contribution in [1.29, 1.82) is 0 Å². The Kier molecular flexibility index (Phi) is 9.86. The van der Waals surface area contributed by atoms with Gasteiger partial charge in [-0.2, -0.15) is 0 Å². The fourth-order valence-electron chi connectivity index (χ4n) is 2.06. The molecular weight excluding hydrogens is 296 g/mol. The van der Waals surface area contributed by atoms with E-state index in [9.17, 15) is 0 Å². The van der Waals surface area contributed by atoms with Gasteiger partial charge in [0.1, 0.15) is 0 Å². The third-order valence-corrected chi connectivity index (χ3v) is 4.33. The molecule has 126 valence electrons. The maximum absolute atomic E-state index is 5.07. The van der Waals surface area contributed by atoms with Crippen LogP contribution in [-0.4, -0.2) is 64.9 Å². The monoisotopic (exact) mass is 326 g/mol. The molecule has 0 aliphatic rings. The van der Waals surface area contributed by atoms with E-state index in [0.29, 0.717) is 5.92 Å². The second-order valence-corrected chi connectivity index (χ2v) is 6.60. The SMILES string of the molecule is CN=C(NCCN(C)CCOC)NCC(C)Cc1cccs1. The molecule has 1 aromatic rings. The predicted molar refractivity (Wildman–Crippen MR) is 95.9 cm³/mol. The Morgan fingerprint density at radius 3 is 2.86 bits per heavy atom. The van der Waals surface area contributed by atoms with Crippen LogP contribution >= 0.6 is 11.3 Å². The number of aliphatic imine (C=N–C) groups is 1. The van der Waals surface area contributed by atoms with Crippen molar-refractivity contribution in [2.45, 2.75) is 13.3 Å². The molecule has 0 saturated carbocycles. The Bertz CT molecular complexity index is 408. The minimum Gasteiger partial charge on any atom is -0.383 e. The summed E-state index contributed by atoms with van der Waals surface area (Å²) in [5.41, 5.74) is 0. The molecule has 1 heterocycles.